The van der Waals surface area contributed by atoms with Crippen molar-refractivity contribution < 1.29 is 5.11 Å². The monoisotopic (exact) mass is 421 g/mol. The summed E-state index contributed by atoms with van der Waals surface area (Å²) in [6.45, 7) is 18.5. The predicted molar refractivity (Wildman–Crippen MR) is 135 cm³/mol. The first-order chi connectivity index (χ1) is 14.4. The van der Waals surface area contributed by atoms with Crippen LogP contribution in [0.15, 0.2) is 65.8 Å². The van der Waals surface area contributed by atoms with Crippen molar-refractivity contribution in [2.45, 2.75) is 53.6 Å². The predicted octanol–water partition coefficient (Wildman–Crippen LogP) is 6.88. The molecule has 2 aromatic rings. The molecule has 2 nitrogen and oxygen atoms in total. The number of hydrogen-bond acceptors (Lipinski definition) is 3. The second kappa shape index (κ2) is 10.3. The van der Waals surface area contributed by atoms with Gasteiger partial charge in [-0.05, 0) is 90.6 Å². The summed E-state index contributed by atoms with van der Waals surface area (Å²) >= 11 is 3.53. The van der Waals surface area contributed by atoms with Crippen LogP contribution in [0.2, 0.25) is 0 Å². The van der Waals surface area contributed by atoms with Crippen molar-refractivity contribution in [2.75, 3.05) is 6.26 Å². The molecule has 3 heteroatoms. The van der Waals surface area contributed by atoms with Gasteiger partial charge in [-0.2, -0.15) is 12.6 Å². The molecule has 160 valence electrons. The van der Waals surface area contributed by atoms with Crippen molar-refractivity contribution in [3.8, 4) is 0 Å². The quantitative estimate of drug-likeness (QED) is 0.418. The van der Waals surface area contributed by atoms with Crippen LogP contribution in [0, 0.1) is 12.8 Å². The summed E-state index contributed by atoms with van der Waals surface area (Å²) in [7, 11) is 0. The second-order valence-electron chi connectivity index (χ2n) is 7.61. The Morgan fingerprint density at radius 3 is 2.53 bits per heavy atom. The summed E-state index contributed by atoms with van der Waals surface area (Å²) in [6.07, 6.45) is 5.00. The molecule has 0 amide bonds. The molecular weight excluding hydrogens is 386 g/mol. The molecule has 0 saturated carbocycles. The SMILES string of the molecule is C=C(C)C(O)C1=C(CC)C(=C)C2Cc3cc4cc(C)ccc4nc3C2=C1.CC.CS. The minimum Gasteiger partial charge on any atom is -0.384 e. The Kier molecular flexibility index (Phi) is 8.28. The highest BCUT2D eigenvalue weighted by Crippen LogP contribution is 2.48. The van der Waals surface area contributed by atoms with Crippen molar-refractivity contribution in [3.05, 3.63) is 82.6 Å². The molecule has 30 heavy (non-hydrogen) atoms. The third kappa shape index (κ3) is 4.33. The molecule has 1 N–H and O–H groups in total. The Labute approximate surface area is 187 Å². The maximum atomic E-state index is 10.7. The number of aryl methyl sites for hydroxylation is 1. The van der Waals surface area contributed by atoms with E-state index >= 15 is 0 Å². The summed E-state index contributed by atoms with van der Waals surface area (Å²) < 4.78 is 0. The minimum absolute atomic E-state index is 0.270. The van der Waals surface area contributed by atoms with E-state index in [1.54, 1.807) is 6.26 Å². The first-order valence-electron chi connectivity index (χ1n) is 10.7. The zero-order valence-electron chi connectivity index (χ0n) is 19.2. The van der Waals surface area contributed by atoms with E-state index in [0.717, 1.165) is 40.8 Å². The number of nitrogens with zero attached hydrogens (tertiary/aromatic N) is 1. The van der Waals surface area contributed by atoms with Crippen LogP contribution in [0.3, 0.4) is 0 Å². The molecule has 1 aromatic carbocycles. The van der Waals surface area contributed by atoms with E-state index in [-0.39, 0.29) is 5.92 Å². The Morgan fingerprint density at radius 1 is 1.27 bits per heavy atom. The van der Waals surface area contributed by atoms with Crippen LogP contribution in [-0.2, 0) is 6.42 Å². The Hall–Kier alpha value is -2.10. The van der Waals surface area contributed by atoms with Crippen molar-refractivity contribution >= 4 is 29.1 Å². The van der Waals surface area contributed by atoms with Crippen molar-refractivity contribution in [2.24, 2.45) is 5.92 Å². The Morgan fingerprint density at radius 2 is 1.93 bits per heavy atom. The standard InChI is InChI=1S/C24H25NO.C2H6.CH4S/c1-6-18-15(5)19-11-17-10-16-9-14(4)7-8-22(16)25-23(17)20(19)12-21(18)24(26)13(2)3;2*1-2/h7-10,12,19,24,26H,2,5-6,11H2,1,3-4H3;1-2H3;2H,1H3. The van der Waals surface area contributed by atoms with E-state index < -0.39 is 6.10 Å². The molecular formula is C27H35NOS. The van der Waals surface area contributed by atoms with E-state index in [4.69, 9.17) is 4.98 Å². The van der Waals surface area contributed by atoms with Crippen LogP contribution in [0.25, 0.3) is 16.5 Å². The summed E-state index contributed by atoms with van der Waals surface area (Å²) in [5.74, 6) is 0.270. The van der Waals surface area contributed by atoms with Crippen molar-refractivity contribution in [1.82, 2.24) is 4.98 Å². The number of allylic oxidation sites excluding steroid dienone is 3. The van der Waals surface area contributed by atoms with Gasteiger partial charge in [0.2, 0.25) is 0 Å². The van der Waals surface area contributed by atoms with Gasteiger partial charge in [-0.3, -0.25) is 0 Å². The molecule has 2 aliphatic carbocycles. The number of thiol groups is 1. The lowest BCUT2D eigenvalue weighted by molar-refractivity contribution is 0.249. The zero-order chi connectivity index (χ0) is 22.6. The smallest absolute Gasteiger partial charge is 0.0998 e. The number of aromatic nitrogens is 1. The van der Waals surface area contributed by atoms with E-state index in [0.29, 0.717) is 0 Å². The summed E-state index contributed by atoms with van der Waals surface area (Å²) in [4.78, 5) is 4.97. The first-order valence-corrected chi connectivity index (χ1v) is 11.6. The maximum absolute atomic E-state index is 10.7. The molecule has 0 fully saturated rings. The molecule has 0 spiro atoms. The van der Waals surface area contributed by atoms with Gasteiger partial charge in [0.25, 0.3) is 0 Å². The number of aliphatic hydroxyl groups excluding tert-OH is 1. The normalized spacial score (nSPS) is 17.8. The third-order valence-electron chi connectivity index (χ3n) is 5.70. The van der Waals surface area contributed by atoms with Gasteiger partial charge in [0.1, 0.15) is 0 Å². The van der Waals surface area contributed by atoms with Crippen LogP contribution in [0.5, 0.6) is 0 Å². The van der Waals surface area contributed by atoms with Crippen molar-refractivity contribution in [3.63, 3.8) is 0 Å². The van der Waals surface area contributed by atoms with Gasteiger partial charge in [-0.1, -0.05) is 45.6 Å². The van der Waals surface area contributed by atoms with Gasteiger partial charge >= 0.3 is 0 Å². The van der Waals surface area contributed by atoms with E-state index in [1.807, 2.05) is 20.8 Å². The van der Waals surface area contributed by atoms with Crippen LogP contribution in [0.1, 0.15) is 50.9 Å². The fraction of sp³-hybridized carbons (Fsp3) is 0.370. The number of rotatable bonds is 3. The summed E-state index contributed by atoms with van der Waals surface area (Å²) in [5, 5.41) is 11.9. The van der Waals surface area contributed by atoms with E-state index in [9.17, 15) is 5.11 Å². The molecule has 0 aliphatic heterocycles. The number of fused-ring (bicyclic) bond motifs is 4. The highest BCUT2D eigenvalue weighted by Gasteiger charge is 2.36. The lowest BCUT2D eigenvalue weighted by atomic mass is 9.78. The number of benzene rings is 1. The van der Waals surface area contributed by atoms with Crippen molar-refractivity contribution in [1.29, 1.82) is 0 Å². The lowest BCUT2D eigenvalue weighted by Gasteiger charge is -2.28. The van der Waals surface area contributed by atoms with E-state index in [1.165, 1.54) is 27.7 Å². The Bertz CT molecular complexity index is 1030. The fourth-order valence-electron chi connectivity index (χ4n) is 4.31. The molecule has 0 bridgehead atoms. The fourth-order valence-corrected chi connectivity index (χ4v) is 4.31. The minimum atomic E-state index is -0.651. The summed E-state index contributed by atoms with van der Waals surface area (Å²) in [6, 6.07) is 8.67. The molecule has 0 radical (unpaired) electrons. The van der Waals surface area contributed by atoms with Gasteiger partial charge in [0.15, 0.2) is 0 Å². The number of pyridine rings is 1. The highest BCUT2D eigenvalue weighted by atomic mass is 32.1. The van der Waals surface area contributed by atoms with Gasteiger partial charge in [-0.15, -0.1) is 0 Å². The average Bonchev–Trinajstić information content (AvgIpc) is 3.12. The van der Waals surface area contributed by atoms with E-state index in [2.05, 4.69) is 70.0 Å². The Balaban J connectivity index is 0.000000757. The largest absolute Gasteiger partial charge is 0.384 e. The highest BCUT2D eigenvalue weighted by molar-refractivity contribution is 7.79. The van der Waals surface area contributed by atoms with Gasteiger partial charge in [-0.25, -0.2) is 4.98 Å². The molecule has 1 aromatic heterocycles. The maximum Gasteiger partial charge on any atom is 0.0998 e. The molecule has 2 aliphatic rings. The van der Waals surface area contributed by atoms with Crippen LogP contribution < -0.4 is 0 Å². The third-order valence-corrected chi connectivity index (χ3v) is 5.70. The molecule has 2 unspecified atom stereocenters. The zero-order valence-corrected chi connectivity index (χ0v) is 20.1. The van der Waals surface area contributed by atoms with Gasteiger partial charge < -0.3 is 5.11 Å². The average molecular weight is 422 g/mol. The molecule has 0 saturated heterocycles. The van der Waals surface area contributed by atoms with Gasteiger partial charge in [0, 0.05) is 11.3 Å². The molecule has 1 heterocycles. The van der Waals surface area contributed by atoms with Crippen LogP contribution in [0.4, 0.5) is 0 Å². The number of aliphatic hydroxyl groups is 1. The molecule has 2 atom stereocenters. The topological polar surface area (TPSA) is 33.1 Å². The second-order valence-corrected chi connectivity index (χ2v) is 7.61. The molecule has 4 rings (SSSR count). The van der Waals surface area contributed by atoms with Crippen LogP contribution in [-0.4, -0.2) is 22.5 Å². The summed E-state index contributed by atoms with van der Waals surface area (Å²) in [5.41, 5.74) is 9.80. The number of hydrogen-bond donors (Lipinski definition) is 2. The van der Waals surface area contributed by atoms with Crippen LogP contribution >= 0.6 is 12.6 Å². The lowest BCUT2D eigenvalue weighted by Crippen LogP contribution is -2.19. The van der Waals surface area contributed by atoms with Gasteiger partial charge in [0.05, 0.1) is 17.3 Å². The first kappa shape index (κ1) is 24.2.